The maximum Gasteiger partial charge on any atom is 0.234 e. The van der Waals surface area contributed by atoms with Crippen molar-refractivity contribution in [3.8, 4) is 0 Å². The van der Waals surface area contributed by atoms with Crippen LogP contribution >= 0.6 is 0 Å². The highest BCUT2D eigenvalue weighted by Crippen LogP contribution is 1.91. The molecule has 3 heteroatoms. The summed E-state index contributed by atoms with van der Waals surface area (Å²) < 4.78 is 0. The molecule has 3 nitrogen and oxygen atoms in total. The van der Waals surface area contributed by atoms with Gasteiger partial charge in [-0.1, -0.05) is 0 Å². The number of carbonyl (C=O) groups is 1. The molecule has 0 spiro atoms. The van der Waals surface area contributed by atoms with Crippen molar-refractivity contribution in [3.63, 3.8) is 0 Å². The lowest BCUT2D eigenvalue weighted by molar-refractivity contribution is -0.122. The van der Waals surface area contributed by atoms with Crippen LogP contribution in [-0.4, -0.2) is 37.0 Å². The van der Waals surface area contributed by atoms with Crippen molar-refractivity contribution in [2.75, 3.05) is 20.1 Å². The predicted octanol–water partition coefficient (Wildman–Crippen LogP) is 0.463. The van der Waals surface area contributed by atoms with Crippen LogP contribution in [0.1, 0.15) is 20.8 Å². The van der Waals surface area contributed by atoms with E-state index < -0.39 is 0 Å². The molecule has 0 aliphatic rings. The fourth-order valence-electron chi connectivity index (χ4n) is 0.662. The van der Waals surface area contributed by atoms with E-state index in [0.29, 0.717) is 19.1 Å². The van der Waals surface area contributed by atoms with E-state index in [0.717, 1.165) is 0 Å². The van der Waals surface area contributed by atoms with Crippen molar-refractivity contribution >= 4 is 5.91 Å². The highest BCUT2D eigenvalue weighted by atomic mass is 16.2. The third kappa shape index (κ3) is 4.79. The van der Waals surface area contributed by atoms with Crippen LogP contribution in [0.3, 0.4) is 0 Å². The molecule has 0 unspecified atom stereocenters. The highest BCUT2D eigenvalue weighted by molar-refractivity contribution is 5.77. The maximum absolute atomic E-state index is 11.0. The van der Waals surface area contributed by atoms with Crippen molar-refractivity contribution in [3.05, 3.63) is 0 Å². The average molecular weight is 158 g/mol. The van der Waals surface area contributed by atoms with Crippen LogP contribution in [0.4, 0.5) is 0 Å². The third-order valence-corrected chi connectivity index (χ3v) is 1.65. The van der Waals surface area contributed by atoms with Gasteiger partial charge in [-0.05, 0) is 27.8 Å². The lowest BCUT2D eigenvalue weighted by Gasteiger charge is -2.19. The standard InChI is InChI=1S/C8H18N2O/c1-5-9-8(11)6-10(4)7(2)3/h7H,5-6H2,1-4H3,(H,9,11). The fraction of sp³-hybridized carbons (Fsp3) is 0.875. The Hall–Kier alpha value is -0.570. The van der Waals surface area contributed by atoms with Crippen molar-refractivity contribution in [2.24, 2.45) is 0 Å². The number of nitrogens with zero attached hydrogens (tertiary/aromatic N) is 1. The first-order chi connectivity index (χ1) is 5.07. The van der Waals surface area contributed by atoms with E-state index >= 15 is 0 Å². The number of amides is 1. The van der Waals surface area contributed by atoms with Gasteiger partial charge in [0.15, 0.2) is 0 Å². The van der Waals surface area contributed by atoms with Crippen LogP contribution in [0.2, 0.25) is 0 Å². The Morgan fingerprint density at radius 2 is 2.09 bits per heavy atom. The van der Waals surface area contributed by atoms with Gasteiger partial charge >= 0.3 is 0 Å². The molecule has 0 aliphatic carbocycles. The number of carbonyl (C=O) groups excluding carboxylic acids is 1. The minimum Gasteiger partial charge on any atom is -0.355 e. The lowest BCUT2D eigenvalue weighted by atomic mass is 10.3. The number of rotatable bonds is 4. The molecule has 66 valence electrons. The second kappa shape index (κ2) is 5.13. The summed E-state index contributed by atoms with van der Waals surface area (Å²) in [7, 11) is 1.94. The van der Waals surface area contributed by atoms with Gasteiger partial charge in [-0.3, -0.25) is 9.69 Å². The Balaban J connectivity index is 3.57. The van der Waals surface area contributed by atoms with Gasteiger partial charge in [-0.25, -0.2) is 0 Å². The molecule has 0 saturated heterocycles. The fourth-order valence-corrected chi connectivity index (χ4v) is 0.662. The van der Waals surface area contributed by atoms with Gasteiger partial charge in [0.25, 0.3) is 0 Å². The van der Waals surface area contributed by atoms with E-state index in [4.69, 9.17) is 0 Å². The summed E-state index contributed by atoms with van der Waals surface area (Å²) in [5, 5.41) is 2.75. The average Bonchev–Trinajstić information content (AvgIpc) is 1.87. The molecule has 0 aromatic carbocycles. The second-order valence-electron chi connectivity index (χ2n) is 2.96. The number of hydrogen-bond acceptors (Lipinski definition) is 2. The van der Waals surface area contributed by atoms with Gasteiger partial charge in [-0.2, -0.15) is 0 Å². The molecule has 0 bridgehead atoms. The van der Waals surface area contributed by atoms with Crippen molar-refractivity contribution in [2.45, 2.75) is 26.8 Å². The predicted molar refractivity (Wildman–Crippen MR) is 46.4 cm³/mol. The van der Waals surface area contributed by atoms with Crippen molar-refractivity contribution in [1.29, 1.82) is 0 Å². The minimum atomic E-state index is 0.101. The Bertz CT molecular complexity index is 123. The zero-order valence-corrected chi connectivity index (χ0v) is 7.85. The van der Waals surface area contributed by atoms with Gasteiger partial charge < -0.3 is 5.32 Å². The van der Waals surface area contributed by atoms with Crippen LogP contribution in [0, 0.1) is 0 Å². The summed E-state index contributed by atoms with van der Waals surface area (Å²) in [4.78, 5) is 13.0. The van der Waals surface area contributed by atoms with Crippen LogP contribution < -0.4 is 5.32 Å². The number of likely N-dealkylation sites (N-methyl/N-ethyl adjacent to an activating group) is 2. The lowest BCUT2D eigenvalue weighted by Crippen LogP contribution is -2.38. The largest absolute Gasteiger partial charge is 0.355 e. The van der Waals surface area contributed by atoms with E-state index in [1.165, 1.54) is 0 Å². The number of nitrogens with one attached hydrogen (secondary N) is 1. The summed E-state index contributed by atoms with van der Waals surface area (Å²) in [6, 6.07) is 0.428. The first kappa shape index (κ1) is 10.4. The zero-order chi connectivity index (χ0) is 8.85. The molecular weight excluding hydrogens is 140 g/mol. The van der Waals surface area contributed by atoms with Gasteiger partial charge in [0, 0.05) is 12.6 Å². The topological polar surface area (TPSA) is 32.3 Å². The maximum atomic E-state index is 11.0. The van der Waals surface area contributed by atoms with E-state index in [1.54, 1.807) is 0 Å². The quantitative estimate of drug-likeness (QED) is 0.644. The second-order valence-corrected chi connectivity index (χ2v) is 2.96. The van der Waals surface area contributed by atoms with Gasteiger partial charge in [0.1, 0.15) is 0 Å². The molecule has 0 aromatic rings. The molecule has 0 aromatic heterocycles. The van der Waals surface area contributed by atoms with Gasteiger partial charge in [0.2, 0.25) is 5.91 Å². The zero-order valence-electron chi connectivity index (χ0n) is 7.85. The minimum absolute atomic E-state index is 0.101. The molecule has 0 heterocycles. The van der Waals surface area contributed by atoms with E-state index in [9.17, 15) is 4.79 Å². The SMILES string of the molecule is CCNC(=O)CN(C)C(C)C. The summed E-state index contributed by atoms with van der Waals surface area (Å²) in [6.07, 6.45) is 0. The molecule has 11 heavy (non-hydrogen) atoms. The smallest absolute Gasteiger partial charge is 0.234 e. The van der Waals surface area contributed by atoms with E-state index in [-0.39, 0.29) is 5.91 Å². The van der Waals surface area contributed by atoms with Gasteiger partial charge in [-0.15, -0.1) is 0 Å². The molecule has 0 saturated carbocycles. The summed E-state index contributed by atoms with van der Waals surface area (Å²) in [5.41, 5.74) is 0. The van der Waals surface area contributed by atoms with Gasteiger partial charge in [0.05, 0.1) is 6.54 Å². The van der Waals surface area contributed by atoms with E-state index in [2.05, 4.69) is 19.2 Å². The Morgan fingerprint density at radius 1 is 1.55 bits per heavy atom. The Morgan fingerprint density at radius 3 is 2.45 bits per heavy atom. The summed E-state index contributed by atoms with van der Waals surface area (Å²) in [5.74, 6) is 0.101. The molecule has 0 aliphatic heterocycles. The Labute approximate surface area is 68.8 Å². The molecule has 1 amide bonds. The summed E-state index contributed by atoms with van der Waals surface area (Å²) >= 11 is 0. The van der Waals surface area contributed by atoms with Crippen LogP contribution in [0.5, 0.6) is 0 Å². The molecule has 0 radical (unpaired) electrons. The van der Waals surface area contributed by atoms with Crippen LogP contribution in [0.15, 0.2) is 0 Å². The first-order valence-corrected chi connectivity index (χ1v) is 4.04. The Kier molecular flexibility index (Phi) is 4.86. The third-order valence-electron chi connectivity index (χ3n) is 1.65. The monoisotopic (exact) mass is 158 g/mol. The van der Waals surface area contributed by atoms with Crippen LogP contribution in [-0.2, 0) is 4.79 Å². The molecule has 0 rings (SSSR count). The molecule has 0 fully saturated rings. The normalized spacial score (nSPS) is 10.7. The summed E-state index contributed by atoms with van der Waals surface area (Å²) in [6.45, 7) is 7.27. The highest BCUT2D eigenvalue weighted by Gasteiger charge is 2.07. The first-order valence-electron chi connectivity index (χ1n) is 4.04. The van der Waals surface area contributed by atoms with Crippen molar-refractivity contribution < 1.29 is 4.79 Å². The molecular formula is C8H18N2O. The van der Waals surface area contributed by atoms with Crippen molar-refractivity contribution in [1.82, 2.24) is 10.2 Å². The molecule has 1 N–H and O–H groups in total. The van der Waals surface area contributed by atoms with E-state index in [1.807, 2.05) is 18.9 Å². The number of hydrogen-bond donors (Lipinski definition) is 1. The molecule has 0 atom stereocenters. The van der Waals surface area contributed by atoms with Crippen LogP contribution in [0.25, 0.3) is 0 Å².